The maximum atomic E-state index is 13.0. The summed E-state index contributed by atoms with van der Waals surface area (Å²) in [5.41, 5.74) is -1.98. The second-order valence-electron chi connectivity index (χ2n) is 11.9. The number of nitrogens with zero attached hydrogens (tertiary/aromatic N) is 5. The van der Waals surface area contributed by atoms with E-state index in [0.717, 1.165) is 39.7 Å². The fourth-order valence-electron chi connectivity index (χ4n) is 4.66. The Hall–Kier alpha value is -3.17. The van der Waals surface area contributed by atoms with Crippen molar-refractivity contribution in [2.45, 2.75) is 76.7 Å². The van der Waals surface area contributed by atoms with Gasteiger partial charge in [0.15, 0.2) is 10.8 Å². The first-order valence-corrected chi connectivity index (χ1v) is 15.6. The summed E-state index contributed by atoms with van der Waals surface area (Å²) in [7, 11) is -4.28. The monoisotopic (exact) mass is 645 g/mol. The van der Waals surface area contributed by atoms with Crippen LogP contribution in [0.1, 0.15) is 63.7 Å². The van der Waals surface area contributed by atoms with E-state index in [-0.39, 0.29) is 46.0 Å². The van der Waals surface area contributed by atoms with Crippen molar-refractivity contribution in [2.24, 2.45) is 11.3 Å². The molecule has 0 spiro atoms. The average molecular weight is 646 g/mol. The van der Waals surface area contributed by atoms with Crippen molar-refractivity contribution >= 4 is 27.5 Å². The highest BCUT2D eigenvalue weighted by Gasteiger charge is 2.46. The zero-order valence-electron chi connectivity index (χ0n) is 24.3. The molecule has 0 unspecified atom stereocenters. The van der Waals surface area contributed by atoms with Gasteiger partial charge in [-0.3, -0.25) is 9.48 Å². The highest BCUT2D eigenvalue weighted by Crippen LogP contribution is 2.40. The summed E-state index contributed by atoms with van der Waals surface area (Å²) in [5.74, 6) is -0.189. The molecule has 0 aliphatic carbocycles. The van der Waals surface area contributed by atoms with E-state index in [9.17, 15) is 26.4 Å². The maximum absolute atomic E-state index is 13.0. The van der Waals surface area contributed by atoms with Crippen LogP contribution in [0.2, 0.25) is 5.15 Å². The van der Waals surface area contributed by atoms with E-state index in [1.165, 1.54) is 39.8 Å². The van der Waals surface area contributed by atoms with Gasteiger partial charge in [-0.05, 0) is 70.2 Å². The lowest BCUT2D eigenvalue weighted by atomic mass is 9.89. The first-order chi connectivity index (χ1) is 20.0. The summed E-state index contributed by atoms with van der Waals surface area (Å²) < 4.78 is 74.8. The number of sulfonamides is 1. The molecule has 2 N–H and O–H groups in total. The Balaban J connectivity index is 1.32. The van der Waals surface area contributed by atoms with Gasteiger partial charge in [-0.2, -0.15) is 26.7 Å². The van der Waals surface area contributed by atoms with Crippen LogP contribution in [0.4, 0.5) is 13.2 Å². The number of alkyl halides is 3. The minimum absolute atomic E-state index is 0.0720. The van der Waals surface area contributed by atoms with E-state index in [1.54, 1.807) is 6.20 Å². The third-order valence-electron chi connectivity index (χ3n) is 7.41. The number of rotatable bonds is 12. The number of ether oxygens (including phenoxy) is 1. The van der Waals surface area contributed by atoms with Gasteiger partial charge in [0.25, 0.3) is 15.9 Å². The highest BCUT2D eigenvalue weighted by atomic mass is 35.5. The number of aromatic nitrogens is 5. The van der Waals surface area contributed by atoms with Crippen LogP contribution >= 0.6 is 11.6 Å². The van der Waals surface area contributed by atoms with Crippen LogP contribution in [-0.2, 0) is 16.6 Å². The Morgan fingerprint density at radius 3 is 2.58 bits per heavy atom. The summed E-state index contributed by atoms with van der Waals surface area (Å²) in [6.07, 6.45) is 1.29. The van der Waals surface area contributed by atoms with Crippen molar-refractivity contribution < 1.29 is 31.1 Å². The van der Waals surface area contributed by atoms with Gasteiger partial charge < -0.3 is 10.1 Å². The lowest BCUT2D eigenvalue weighted by molar-refractivity contribution is -0.215. The fraction of sp³-hybridized carbons (Fsp3) is 0.556. The van der Waals surface area contributed by atoms with Gasteiger partial charge >= 0.3 is 6.18 Å². The highest BCUT2D eigenvalue weighted by molar-refractivity contribution is 7.90. The van der Waals surface area contributed by atoms with Gasteiger partial charge in [0.2, 0.25) is 5.88 Å². The number of hydrogen-bond donors (Lipinski definition) is 2. The smallest absolute Gasteiger partial charge is 0.394 e. The zero-order valence-corrected chi connectivity index (χ0v) is 25.9. The predicted octanol–water partition coefficient (Wildman–Crippen LogP) is 4.76. The minimum Gasteiger partial charge on any atom is -0.477 e. The molecule has 0 aromatic carbocycles. The molecule has 0 bridgehead atoms. The molecule has 3 aromatic rings. The molecule has 236 valence electrons. The van der Waals surface area contributed by atoms with Crippen LogP contribution in [0.15, 0.2) is 41.7 Å². The van der Waals surface area contributed by atoms with Crippen LogP contribution in [0, 0.1) is 11.3 Å². The van der Waals surface area contributed by atoms with E-state index in [0.29, 0.717) is 12.5 Å². The van der Waals surface area contributed by atoms with Crippen LogP contribution in [-0.4, -0.2) is 63.7 Å². The lowest BCUT2D eigenvalue weighted by Gasteiger charge is -2.27. The maximum Gasteiger partial charge on any atom is 0.394 e. The van der Waals surface area contributed by atoms with E-state index in [4.69, 9.17) is 16.3 Å². The molecule has 16 heteroatoms. The quantitative estimate of drug-likeness (QED) is 0.270. The first-order valence-electron chi connectivity index (χ1n) is 13.7. The number of amides is 1. The zero-order chi connectivity index (χ0) is 31.6. The van der Waals surface area contributed by atoms with Crippen molar-refractivity contribution in [3.8, 4) is 11.7 Å². The fourth-order valence-corrected chi connectivity index (χ4v) is 5.81. The molecule has 1 aliphatic rings. The Morgan fingerprint density at radius 1 is 1.19 bits per heavy atom. The summed E-state index contributed by atoms with van der Waals surface area (Å²) in [6.45, 7) is 7.82. The number of carbonyl (C=O) groups is 1. The number of hydrogen-bond acceptors (Lipinski definition) is 8. The molecule has 1 atom stereocenters. The number of carbonyl (C=O) groups excluding carboxylic acids is 1. The Bertz CT molecular complexity index is 1550. The van der Waals surface area contributed by atoms with Crippen LogP contribution < -0.4 is 14.8 Å². The predicted molar refractivity (Wildman–Crippen MR) is 153 cm³/mol. The van der Waals surface area contributed by atoms with Gasteiger partial charge in [-0.15, -0.1) is 5.10 Å². The molecule has 0 saturated carbocycles. The number of aryl methyl sites for hydroxylation is 1. The van der Waals surface area contributed by atoms with Gasteiger partial charge in [-0.1, -0.05) is 25.4 Å². The third kappa shape index (κ3) is 8.26. The second-order valence-corrected chi connectivity index (χ2v) is 13.9. The van der Waals surface area contributed by atoms with Crippen molar-refractivity contribution in [1.82, 2.24) is 34.6 Å². The summed E-state index contributed by atoms with van der Waals surface area (Å²) in [4.78, 5) is 16.9. The molecule has 3 aromatic heterocycles. The minimum atomic E-state index is -4.37. The van der Waals surface area contributed by atoms with E-state index >= 15 is 0 Å². The SMILES string of the molecule is CC1(C)C[C@H](CCCn2ccc(S(=O)(=O)NC(=O)c3ccc(-n4ccc(OCCC(C)(C)C(F)(F)F)n4)nc3Cl)n2)CN1. The van der Waals surface area contributed by atoms with Crippen molar-refractivity contribution in [3.63, 3.8) is 0 Å². The molecule has 0 radical (unpaired) electrons. The Morgan fingerprint density at radius 2 is 1.93 bits per heavy atom. The van der Waals surface area contributed by atoms with E-state index < -0.39 is 27.5 Å². The lowest BCUT2D eigenvalue weighted by Crippen LogP contribution is -2.33. The first kappa shape index (κ1) is 32.7. The van der Waals surface area contributed by atoms with E-state index in [1.807, 2.05) is 4.72 Å². The molecule has 4 rings (SSSR count). The summed E-state index contributed by atoms with van der Waals surface area (Å²) in [5, 5.41) is 11.1. The van der Waals surface area contributed by atoms with Gasteiger partial charge in [0.05, 0.1) is 17.6 Å². The van der Waals surface area contributed by atoms with Gasteiger partial charge in [-0.25, -0.2) is 14.4 Å². The molecule has 1 fully saturated rings. The molecule has 1 saturated heterocycles. The van der Waals surface area contributed by atoms with Gasteiger partial charge in [0.1, 0.15) is 5.15 Å². The number of pyridine rings is 1. The van der Waals surface area contributed by atoms with Gasteiger partial charge in [0, 0.05) is 30.5 Å². The summed E-state index contributed by atoms with van der Waals surface area (Å²) in [6, 6.07) is 5.42. The molecular formula is C27H35ClF3N7O4S. The Labute approximate surface area is 253 Å². The third-order valence-corrected chi connectivity index (χ3v) is 8.92. The number of halogens is 4. The van der Waals surface area contributed by atoms with Crippen LogP contribution in [0.3, 0.4) is 0 Å². The van der Waals surface area contributed by atoms with Crippen LogP contribution in [0.5, 0.6) is 5.88 Å². The Kier molecular flexibility index (Phi) is 9.47. The molecular weight excluding hydrogens is 611 g/mol. The van der Waals surface area contributed by atoms with E-state index in [2.05, 4.69) is 34.3 Å². The standard InChI is InChI=1S/C27H35ClF3N7O4S/c1-25(2,27(29,30)31)11-15-42-21-9-14-38(34-21)20-8-7-19(23(28)33-20)24(39)36-43(40,41)22-10-13-37(35-22)12-5-6-18-16-26(3,4)32-17-18/h7-10,13-14,18,32H,5-6,11-12,15-17H2,1-4H3,(H,36,39)/t18-/m0/s1. The number of nitrogens with one attached hydrogen (secondary N) is 2. The largest absolute Gasteiger partial charge is 0.477 e. The molecule has 1 amide bonds. The van der Waals surface area contributed by atoms with Crippen molar-refractivity contribution in [1.29, 1.82) is 0 Å². The average Bonchev–Trinajstić information content (AvgIpc) is 3.63. The molecule has 43 heavy (non-hydrogen) atoms. The van der Waals surface area contributed by atoms with Crippen molar-refractivity contribution in [2.75, 3.05) is 13.2 Å². The van der Waals surface area contributed by atoms with Crippen LogP contribution in [0.25, 0.3) is 5.82 Å². The normalized spacial score (nSPS) is 17.3. The molecule has 4 heterocycles. The summed E-state index contributed by atoms with van der Waals surface area (Å²) >= 11 is 6.20. The van der Waals surface area contributed by atoms with Crippen molar-refractivity contribution in [3.05, 3.63) is 47.4 Å². The molecule has 1 aliphatic heterocycles. The second kappa shape index (κ2) is 12.4. The molecule has 11 nitrogen and oxygen atoms in total. The topological polar surface area (TPSA) is 133 Å².